The first-order valence-corrected chi connectivity index (χ1v) is 9.48. The first-order chi connectivity index (χ1) is 11.7. The van der Waals surface area contributed by atoms with Crippen molar-refractivity contribution < 1.29 is 4.74 Å². The molecule has 2 aromatic heterocycles. The molecule has 0 unspecified atom stereocenters. The van der Waals surface area contributed by atoms with Crippen LogP contribution in [0.3, 0.4) is 0 Å². The molecule has 1 aliphatic rings. The Morgan fingerprint density at radius 2 is 2.08 bits per heavy atom. The van der Waals surface area contributed by atoms with Gasteiger partial charge in [-0.15, -0.1) is 11.3 Å². The number of fused-ring (bicyclic) bond motifs is 1. The van der Waals surface area contributed by atoms with Crippen LogP contribution in [-0.4, -0.2) is 35.9 Å². The number of benzene rings is 1. The smallest absolute Gasteiger partial charge is 0.262 e. The molecule has 0 saturated carbocycles. The van der Waals surface area contributed by atoms with Crippen LogP contribution in [0.4, 0.5) is 5.69 Å². The Hall–Kier alpha value is -1.70. The van der Waals surface area contributed by atoms with E-state index in [4.69, 9.17) is 4.74 Å². The van der Waals surface area contributed by atoms with Crippen molar-refractivity contribution in [2.45, 2.75) is 6.54 Å². The number of ether oxygens (including phenoxy) is 1. The fourth-order valence-electron chi connectivity index (χ4n) is 2.98. The van der Waals surface area contributed by atoms with Crippen LogP contribution in [0.25, 0.3) is 10.9 Å². The summed E-state index contributed by atoms with van der Waals surface area (Å²) < 4.78 is 8.13. The minimum absolute atomic E-state index is 0.00848. The SMILES string of the molecule is O=c1c2cscc2ncn1Cc1cc(Br)ccc1N1CCOCC1. The van der Waals surface area contributed by atoms with Gasteiger partial charge in [-0.1, -0.05) is 15.9 Å². The fourth-order valence-corrected chi connectivity index (χ4v) is 4.13. The van der Waals surface area contributed by atoms with Crippen molar-refractivity contribution in [3.05, 3.63) is 55.7 Å². The van der Waals surface area contributed by atoms with Crippen LogP contribution in [0.1, 0.15) is 5.56 Å². The Bertz CT molecular complexity index is 931. The van der Waals surface area contributed by atoms with E-state index in [1.54, 1.807) is 10.9 Å². The molecular weight excluding hydrogens is 390 g/mol. The minimum atomic E-state index is 0.00848. The van der Waals surface area contributed by atoms with Crippen molar-refractivity contribution in [2.75, 3.05) is 31.2 Å². The Balaban J connectivity index is 1.73. The molecule has 3 aromatic rings. The molecule has 0 N–H and O–H groups in total. The molecule has 0 spiro atoms. The van der Waals surface area contributed by atoms with Crippen molar-refractivity contribution in [3.63, 3.8) is 0 Å². The monoisotopic (exact) mass is 405 g/mol. The van der Waals surface area contributed by atoms with Gasteiger partial charge in [0.15, 0.2) is 0 Å². The lowest BCUT2D eigenvalue weighted by Gasteiger charge is -2.30. The van der Waals surface area contributed by atoms with E-state index >= 15 is 0 Å². The number of thiophene rings is 1. The third kappa shape index (κ3) is 2.99. The maximum atomic E-state index is 12.7. The molecular formula is C17H16BrN3O2S. The summed E-state index contributed by atoms with van der Waals surface area (Å²) in [6.45, 7) is 3.70. The van der Waals surface area contributed by atoms with E-state index in [2.05, 4.69) is 37.9 Å². The standard InChI is InChI=1S/C17H16BrN3O2S/c18-13-1-2-16(20-3-5-23-6-4-20)12(7-13)8-21-11-19-15-10-24-9-14(15)17(21)22/h1-2,7,9-11H,3-6,8H2. The molecule has 1 aliphatic heterocycles. The molecule has 0 atom stereocenters. The second-order valence-corrected chi connectivity index (χ2v) is 7.38. The predicted octanol–water partition coefficient (Wildman–Crippen LogP) is 3.11. The first-order valence-electron chi connectivity index (χ1n) is 7.75. The number of nitrogens with zero attached hydrogens (tertiary/aromatic N) is 3. The van der Waals surface area contributed by atoms with E-state index in [1.165, 1.54) is 11.3 Å². The Morgan fingerprint density at radius 1 is 1.25 bits per heavy atom. The molecule has 24 heavy (non-hydrogen) atoms. The average molecular weight is 406 g/mol. The molecule has 1 fully saturated rings. The molecule has 0 radical (unpaired) electrons. The van der Waals surface area contributed by atoms with Gasteiger partial charge in [-0.05, 0) is 23.8 Å². The van der Waals surface area contributed by atoms with Gasteiger partial charge >= 0.3 is 0 Å². The van der Waals surface area contributed by atoms with Crippen LogP contribution in [0, 0.1) is 0 Å². The van der Waals surface area contributed by atoms with E-state index in [0.29, 0.717) is 11.9 Å². The summed E-state index contributed by atoms with van der Waals surface area (Å²) in [7, 11) is 0. The zero-order valence-electron chi connectivity index (χ0n) is 12.9. The predicted molar refractivity (Wildman–Crippen MR) is 100 cm³/mol. The highest BCUT2D eigenvalue weighted by atomic mass is 79.9. The van der Waals surface area contributed by atoms with Crippen LogP contribution in [0.2, 0.25) is 0 Å². The molecule has 0 amide bonds. The van der Waals surface area contributed by atoms with Crippen LogP contribution >= 0.6 is 27.3 Å². The molecule has 7 heteroatoms. The first kappa shape index (κ1) is 15.8. The molecule has 0 aliphatic carbocycles. The summed E-state index contributed by atoms with van der Waals surface area (Å²) in [5, 5.41) is 4.45. The van der Waals surface area contributed by atoms with Crippen LogP contribution in [0.5, 0.6) is 0 Å². The van der Waals surface area contributed by atoms with Gasteiger partial charge < -0.3 is 9.64 Å². The van der Waals surface area contributed by atoms with Crippen LogP contribution in [-0.2, 0) is 11.3 Å². The zero-order valence-corrected chi connectivity index (χ0v) is 15.3. The van der Waals surface area contributed by atoms with Gasteiger partial charge in [0.25, 0.3) is 5.56 Å². The number of rotatable bonds is 3. The van der Waals surface area contributed by atoms with E-state index in [9.17, 15) is 4.79 Å². The normalized spacial score (nSPS) is 15.1. The summed E-state index contributed by atoms with van der Waals surface area (Å²) in [6.07, 6.45) is 1.64. The van der Waals surface area contributed by atoms with Crippen molar-refractivity contribution in [1.82, 2.24) is 9.55 Å². The molecule has 4 rings (SSSR count). The van der Waals surface area contributed by atoms with Crippen molar-refractivity contribution in [2.24, 2.45) is 0 Å². The van der Waals surface area contributed by atoms with Gasteiger partial charge in [-0.25, -0.2) is 4.98 Å². The quantitative estimate of drug-likeness (QED) is 0.671. The summed E-state index contributed by atoms with van der Waals surface area (Å²) in [5.74, 6) is 0. The van der Waals surface area contributed by atoms with Crippen LogP contribution in [0.15, 0.2) is 44.6 Å². The molecule has 1 aromatic carbocycles. The largest absolute Gasteiger partial charge is 0.378 e. The number of anilines is 1. The Morgan fingerprint density at radius 3 is 2.92 bits per heavy atom. The highest BCUT2D eigenvalue weighted by Crippen LogP contribution is 2.26. The van der Waals surface area contributed by atoms with Crippen molar-refractivity contribution in [1.29, 1.82) is 0 Å². The average Bonchev–Trinajstić information content (AvgIpc) is 3.08. The van der Waals surface area contributed by atoms with Crippen molar-refractivity contribution >= 4 is 43.9 Å². The molecule has 124 valence electrons. The molecule has 0 bridgehead atoms. The van der Waals surface area contributed by atoms with Gasteiger partial charge in [-0.3, -0.25) is 9.36 Å². The topological polar surface area (TPSA) is 47.4 Å². The van der Waals surface area contributed by atoms with Gasteiger partial charge in [0.1, 0.15) is 0 Å². The van der Waals surface area contributed by atoms with Gasteiger partial charge in [-0.2, -0.15) is 0 Å². The summed E-state index contributed by atoms with van der Waals surface area (Å²) in [5.41, 5.74) is 3.03. The van der Waals surface area contributed by atoms with E-state index in [1.807, 2.05) is 16.8 Å². The number of aromatic nitrogens is 2. The number of halogens is 1. The van der Waals surface area contributed by atoms with Gasteiger partial charge in [0, 0.05) is 34.0 Å². The minimum Gasteiger partial charge on any atom is -0.378 e. The molecule has 3 heterocycles. The summed E-state index contributed by atoms with van der Waals surface area (Å²) in [6, 6.07) is 6.22. The number of hydrogen-bond acceptors (Lipinski definition) is 5. The summed E-state index contributed by atoms with van der Waals surface area (Å²) >= 11 is 5.05. The number of hydrogen-bond donors (Lipinski definition) is 0. The highest BCUT2D eigenvalue weighted by Gasteiger charge is 2.16. The number of morpholine rings is 1. The van der Waals surface area contributed by atoms with Crippen LogP contribution < -0.4 is 10.5 Å². The van der Waals surface area contributed by atoms with Gasteiger partial charge in [0.05, 0.1) is 37.0 Å². The maximum Gasteiger partial charge on any atom is 0.262 e. The Kier molecular flexibility index (Phi) is 4.39. The lowest BCUT2D eigenvalue weighted by Crippen LogP contribution is -2.37. The third-order valence-electron chi connectivity index (χ3n) is 4.20. The maximum absolute atomic E-state index is 12.7. The van der Waals surface area contributed by atoms with E-state index < -0.39 is 0 Å². The molecule has 1 saturated heterocycles. The lowest BCUT2D eigenvalue weighted by atomic mass is 10.1. The van der Waals surface area contributed by atoms with Gasteiger partial charge in [0.2, 0.25) is 0 Å². The summed E-state index contributed by atoms with van der Waals surface area (Å²) in [4.78, 5) is 19.4. The molecule has 5 nitrogen and oxygen atoms in total. The lowest BCUT2D eigenvalue weighted by molar-refractivity contribution is 0.122. The second-order valence-electron chi connectivity index (χ2n) is 5.72. The highest BCUT2D eigenvalue weighted by molar-refractivity contribution is 9.10. The van der Waals surface area contributed by atoms with E-state index in [-0.39, 0.29) is 5.56 Å². The third-order valence-corrected chi connectivity index (χ3v) is 5.43. The van der Waals surface area contributed by atoms with E-state index in [0.717, 1.165) is 47.5 Å². The zero-order chi connectivity index (χ0) is 16.5. The second kappa shape index (κ2) is 6.66. The van der Waals surface area contributed by atoms with Crippen molar-refractivity contribution in [3.8, 4) is 0 Å². The fraction of sp³-hybridized carbons (Fsp3) is 0.294. The Labute approximate surface area is 151 Å².